The van der Waals surface area contributed by atoms with Gasteiger partial charge in [-0.1, -0.05) is 12.1 Å². The van der Waals surface area contributed by atoms with Crippen LogP contribution in [0.5, 0.6) is 0 Å². The van der Waals surface area contributed by atoms with Crippen molar-refractivity contribution in [3.05, 3.63) is 57.9 Å². The van der Waals surface area contributed by atoms with E-state index in [2.05, 4.69) is 4.98 Å². The molecule has 0 saturated heterocycles. The van der Waals surface area contributed by atoms with Gasteiger partial charge in [-0.3, -0.25) is 24.1 Å². The molecule has 2 aromatic rings. The van der Waals surface area contributed by atoms with Gasteiger partial charge in [-0.25, -0.2) is 4.79 Å². The number of ketones is 2. The average Bonchev–Trinajstić information content (AvgIpc) is 3.12. The second-order valence-corrected chi connectivity index (χ2v) is 6.91. The van der Waals surface area contributed by atoms with Gasteiger partial charge in [-0.2, -0.15) is 0 Å². The van der Waals surface area contributed by atoms with Crippen molar-refractivity contribution in [3.63, 3.8) is 0 Å². The number of esters is 1. The molecule has 0 fully saturated rings. The summed E-state index contributed by atoms with van der Waals surface area (Å²) in [4.78, 5) is 65.1. The highest BCUT2D eigenvalue weighted by molar-refractivity contribution is 6.22. The van der Waals surface area contributed by atoms with E-state index in [-0.39, 0.29) is 22.6 Å². The minimum Gasteiger partial charge on any atom is -0.456 e. The van der Waals surface area contributed by atoms with E-state index in [1.54, 1.807) is 26.0 Å². The molecule has 0 radical (unpaired) electrons. The number of ether oxygens (including phenoxy) is 1. The lowest BCUT2D eigenvalue weighted by Gasteiger charge is -2.20. The molecule has 1 N–H and O–H groups in total. The van der Waals surface area contributed by atoms with E-state index in [0.717, 1.165) is 4.90 Å². The second-order valence-electron chi connectivity index (χ2n) is 6.91. The molecule has 1 aliphatic heterocycles. The van der Waals surface area contributed by atoms with E-state index < -0.39 is 36.2 Å². The van der Waals surface area contributed by atoms with Gasteiger partial charge >= 0.3 is 5.97 Å². The lowest BCUT2D eigenvalue weighted by atomic mass is 10.1. The van der Waals surface area contributed by atoms with Crippen molar-refractivity contribution in [2.45, 2.75) is 33.7 Å². The first-order chi connectivity index (χ1) is 13.6. The quantitative estimate of drug-likeness (QED) is 0.455. The maximum atomic E-state index is 12.5. The van der Waals surface area contributed by atoms with Gasteiger partial charge in [-0.05, 0) is 45.4 Å². The second kappa shape index (κ2) is 7.46. The molecule has 1 aliphatic rings. The summed E-state index contributed by atoms with van der Waals surface area (Å²) < 4.78 is 5.05. The van der Waals surface area contributed by atoms with E-state index in [0.29, 0.717) is 16.8 Å². The summed E-state index contributed by atoms with van der Waals surface area (Å²) in [6, 6.07) is 5.10. The fourth-order valence-corrected chi connectivity index (χ4v) is 3.55. The van der Waals surface area contributed by atoms with Gasteiger partial charge in [-0.15, -0.1) is 0 Å². The van der Waals surface area contributed by atoms with Crippen molar-refractivity contribution in [2.75, 3.05) is 6.61 Å². The molecule has 29 heavy (non-hydrogen) atoms. The van der Waals surface area contributed by atoms with Crippen molar-refractivity contribution in [2.24, 2.45) is 0 Å². The van der Waals surface area contributed by atoms with Crippen LogP contribution in [-0.2, 0) is 9.53 Å². The molecule has 8 heteroatoms. The number of aryl methyl sites for hydroxylation is 1. The standard InChI is InChI=1S/C21H20N2O6/c1-10-17(13(4)24)11(2)22-18(10)16(25)9-29-21(28)12(3)23-19(26)14-7-5-6-8-15(14)20(23)27/h5-8,12,22H,9H2,1-4H3/t12-/m1/s1. The summed E-state index contributed by atoms with van der Waals surface area (Å²) in [5, 5.41) is 0. The number of aromatic nitrogens is 1. The van der Waals surface area contributed by atoms with Crippen LogP contribution in [0.25, 0.3) is 0 Å². The van der Waals surface area contributed by atoms with Crippen molar-refractivity contribution < 1.29 is 28.7 Å². The Hall–Kier alpha value is -3.55. The molecule has 0 aliphatic carbocycles. The van der Waals surface area contributed by atoms with Gasteiger partial charge in [0.25, 0.3) is 11.8 Å². The average molecular weight is 396 g/mol. The monoisotopic (exact) mass is 396 g/mol. The Kier molecular flexibility index (Phi) is 5.19. The summed E-state index contributed by atoms with van der Waals surface area (Å²) in [5.41, 5.74) is 2.12. The number of aromatic amines is 1. The SMILES string of the molecule is CC(=O)c1c(C)[nH]c(C(=O)COC(=O)[C@@H](C)N2C(=O)c3ccccc3C2=O)c1C. The maximum Gasteiger partial charge on any atom is 0.329 e. The lowest BCUT2D eigenvalue weighted by Crippen LogP contribution is -2.44. The van der Waals surface area contributed by atoms with Crippen molar-refractivity contribution in [1.29, 1.82) is 0 Å². The highest BCUT2D eigenvalue weighted by Crippen LogP contribution is 2.25. The Bertz CT molecular complexity index is 1030. The molecular weight excluding hydrogens is 376 g/mol. The summed E-state index contributed by atoms with van der Waals surface area (Å²) >= 11 is 0. The topological polar surface area (TPSA) is 114 Å². The fourth-order valence-electron chi connectivity index (χ4n) is 3.55. The fraction of sp³-hybridized carbons (Fsp3) is 0.286. The Balaban J connectivity index is 1.70. The predicted molar refractivity (Wildman–Crippen MR) is 102 cm³/mol. The Morgan fingerprint density at radius 2 is 1.62 bits per heavy atom. The Morgan fingerprint density at radius 1 is 1.07 bits per heavy atom. The predicted octanol–water partition coefficient (Wildman–Crippen LogP) is 2.24. The largest absolute Gasteiger partial charge is 0.456 e. The number of nitrogens with zero attached hydrogens (tertiary/aromatic N) is 1. The Morgan fingerprint density at radius 3 is 2.10 bits per heavy atom. The third kappa shape index (κ3) is 3.37. The molecule has 2 heterocycles. The number of imide groups is 1. The maximum absolute atomic E-state index is 12.5. The molecule has 0 saturated carbocycles. The minimum absolute atomic E-state index is 0.174. The van der Waals surface area contributed by atoms with Crippen molar-refractivity contribution in [3.8, 4) is 0 Å². The first kappa shape index (κ1) is 20.2. The first-order valence-electron chi connectivity index (χ1n) is 9.02. The number of amides is 2. The van der Waals surface area contributed by atoms with Crippen LogP contribution in [0, 0.1) is 13.8 Å². The van der Waals surface area contributed by atoms with Gasteiger partial charge in [0.05, 0.1) is 16.8 Å². The van der Waals surface area contributed by atoms with Gasteiger partial charge in [0.2, 0.25) is 5.78 Å². The zero-order valence-electron chi connectivity index (χ0n) is 16.5. The molecule has 3 rings (SSSR count). The van der Waals surface area contributed by atoms with Crippen molar-refractivity contribution in [1.82, 2.24) is 9.88 Å². The lowest BCUT2D eigenvalue weighted by molar-refractivity contribution is -0.146. The molecule has 1 aromatic heterocycles. The summed E-state index contributed by atoms with van der Waals surface area (Å²) in [6.45, 7) is 5.51. The normalized spacial score (nSPS) is 14.0. The third-order valence-corrected chi connectivity index (χ3v) is 4.97. The van der Waals surface area contributed by atoms with Crippen LogP contribution in [0.3, 0.4) is 0 Å². The number of carbonyl (C=O) groups is 5. The Labute approximate surface area is 166 Å². The number of hydrogen-bond donors (Lipinski definition) is 1. The summed E-state index contributed by atoms with van der Waals surface area (Å²) in [5.74, 6) is -2.72. The van der Waals surface area contributed by atoms with Crippen LogP contribution in [0.1, 0.15) is 66.7 Å². The molecule has 8 nitrogen and oxygen atoms in total. The molecule has 0 spiro atoms. The number of fused-ring (bicyclic) bond motifs is 1. The van der Waals surface area contributed by atoms with E-state index in [1.807, 2.05) is 0 Å². The summed E-state index contributed by atoms with van der Waals surface area (Å²) in [6.07, 6.45) is 0. The van der Waals surface area contributed by atoms with Crippen LogP contribution in [0.15, 0.2) is 24.3 Å². The van der Waals surface area contributed by atoms with Crippen LogP contribution >= 0.6 is 0 Å². The molecule has 1 aromatic carbocycles. The van der Waals surface area contributed by atoms with Crippen LogP contribution in [0.4, 0.5) is 0 Å². The number of rotatable bonds is 6. The van der Waals surface area contributed by atoms with Gasteiger partial charge in [0, 0.05) is 11.3 Å². The highest BCUT2D eigenvalue weighted by atomic mass is 16.5. The van der Waals surface area contributed by atoms with Crippen LogP contribution in [-0.4, -0.2) is 51.9 Å². The first-order valence-corrected chi connectivity index (χ1v) is 9.02. The zero-order valence-corrected chi connectivity index (χ0v) is 16.5. The highest BCUT2D eigenvalue weighted by Gasteiger charge is 2.41. The molecule has 2 amide bonds. The molecule has 1 atom stereocenters. The molecule has 0 unspecified atom stereocenters. The van der Waals surface area contributed by atoms with Crippen molar-refractivity contribution >= 4 is 29.4 Å². The van der Waals surface area contributed by atoms with E-state index in [9.17, 15) is 24.0 Å². The third-order valence-electron chi connectivity index (χ3n) is 4.97. The van der Waals surface area contributed by atoms with E-state index in [4.69, 9.17) is 4.74 Å². The molecular formula is C21H20N2O6. The number of hydrogen-bond acceptors (Lipinski definition) is 6. The van der Waals surface area contributed by atoms with Crippen LogP contribution < -0.4 is 0 Å². The minimum atomic E-state index is -1.19. The van der Waals surface area contributed by atoms with E-state index in [1.165, 1.54) is 26.0 Å². The summed E-state index contributed by atoms with van der Waals surface area (Å²) in [7, 11) is 0. The smallest absolute Gasteiger partial charge is 0.329 e. The molecule has 150 valence electrons. The van der Waals surface area contributed by atoms with Gasteiger partial charge in [0.1, 0.15) is 6.04 Å². The number of benzene rings is 1. The number of Topliss-reactive ketones (excluding diaryl/α,β-unsaturated/α-hetero) is 2. The number of H-pyrrole nitrogens is 1. The van der Waals surface area contributed by atoms with Gasteiger partial charge in [0.15, 0.2) is 12.4 Å². The van der Waals surface area contributed by atoms with Crippen LogP contribution in [0.2, 0.25) is 0 Å². The number of nitrogens with one attached hydrogen (secondary N) is 1. The number of carbonyl (C=O) groups excluding carboxylic acids is 5. The molecule has 0 bridgehead atoms. The van der Waals surface area contributed by atoms with E-state index >= 15 is 0 Å². The zero-order chi connectivity index (χ0) is 21.5. The van der Waals surface area contributed by atoms with Gasteiger partial charge < -0.3 is 9.72 Å².